The predicted octanol–water partition coefficient (Wildman–Crippen LogP) is 1.52. The van der Waals surface area contributed by atoms with Crippen molar-refractivity contribution in [1.82, 2.24) is 0 Å². The summed E-state index contributed by atoms with van der Waals surface area (Å²) < 4.78 is 18.9. The van der Waals surface area contributed by atoms with E-state index in [2.05, 4.69) is 12.1 Å². The monoisotopic (exact) mass is 274 g/mol. The SMILES string of the molecule is OB(O)c1ccc(OCCCc2ccccc2)cc1F. The van der Waals surface area contributed by atoms with Crippen molar-refractivity contribution in [3.63, 3.8) is 0 Å². The maximum Gasteiger partial charge on any atom is 0.491 e. The molecule has 0 bridgehead atoms. The number of halogens is 1. The molecule has 0 atom stereocenters. The Hall–Kier alpha value is -1.85. The normalized spacial score (nSPS) is 10.3. The minimum absolute atomic E-state index is 0.151. The molecule has 0 radical (unpaired) electrons. The Bertz CT molecular complexity index is 546. The Labute approximate surface area is 117 Å². The smallest absolute Gasteiger partial charge is 0.491 e. The highest BCUT2D eigenvalue weighted by atomic mass is 19.1. The fraction of sp³-hybridized carbons (Fsp3) is 0.200. The highest BCUT2D eigenvalue weighted by Crippen LogP contribution is 2.12. The fourth-order valence-corrected chi connectivity index (χ4v) is 1.92. The highest BCUT2D eigenvalue weighted by molar-refractivity contribution is 6.58. The first-order chi connectivity index (χ1) is 9.66. The van der Waals surface area contributed by atoms with Gasteiger partial charge in [-0.15, -0.1) is 0 Å². The number of aryl methyl sites for hydroxylation is 1. The molecule has 0 aromatic heterocycles. The molecule has 2 rings (SSSR count). The van der Waals surface area contributed by atoms with Crippen LogP contribution in [-0.4, -0.2) is 23.8 Å². The van der Waals surface area contributed by atoms with Crippen molar-refractivity contribution in [1.29, 1.82) is 0 Å². The van der Waals surface area contributed by atoms with Crippen LogP contribution < -0.4 is 10.2 Å². The van der Waals surface area contributed by atoms with E-state index in [-0.39, 0.29) is 5.46 Å². The third kappa shape index (κ3) is 4.08. The molecule has 20 heavy (non-hydrogen) atoms. The molecule has 0 saturated carbocycles. The summed E-state index contributed by atoms with van der Waals surface area (Å²) >= 11 is 0. The molecule has 3 nitrogen and oxygen atoms in total. The van der Waals surface area contributed by atoms with Gasteiger partial charge in [0, 0.05) is 11.5 Å². The molecule has 0 spiro atoms. The summed E-state index contributed by atoms with van der Waals surface area (Å²) in [5.74, 6) is -0.291. The standard InChI is InChI=1S/C15H16BFO3/c17-15-11-13(8-9-14(15)16(18)19)20-10-4-7-12-5-2-1-3-6-12/h1-3,5-6,8-9,11,18-19H,4,7,10H2. The molecular weight excluding hydrogens is 258 g/mol. The largest absolute Gasteiger partial charge is 0.493 e. The lowest BCUT2D eigenvalue weighted by Crippen LogP contribution is -2.32. The molecule has 0 aliphatic rings. The van der Waals surface area contributed by atoms with E-state index in [1.165, 1.54) is 17.7 Å². The van der Waals surface area contributed by atoms with E-state index in [0.717, 1.165) is 18.9 Å². The lowest BCUT2D eigenvalue weighted by molar-refractivity contribution is 0.309. The van der Waals surface area contributed by atoms with Gasteiger partial charge < -0.3 is 14.8 Å². The van der Waals surface area contributed by atoms with Gasteiger partial charge in [0.15, 0.2) is 0 Å². The van der Waals surface area contributed by atoms with Crippen molar-refractivity contribution in [2.24, 2.45) is 0 Å². The third-order valence-corrected chi connectivity index (χ3v) is 2.97. The first kappa shape index (κ1) is 14.6. The molecule has 2 aromatic rings. The number of ether oxygens (including phenoxy) is 1. The van der Waals surface area contributed by atoms with Gasteiger partial charge in [-0.25, -0.2) is 4.39 Å². The van der Waals surface area contributed by atoms with Crippen LogP contribution in [0.15, 0.2) is 48.5 Å². The van der Waals surface area contributed by atoms with Crippen molar-refractivity contribution >= 4 is 12.6 Å². The summed E-state index contributed by atoms with van der Waals surface area (Å²) in [7, 11) is -1.80. The molecule has 0 aliphatic carbocycles. The van der Waals surface area contributed by atoms with Gasteiger partial charge in [0.05, 0.1) is 6.61 Å². The van der Waals surface area contributed by atoms with E-state index < -0.39 is 12.9 Å². The van der Waals surface area contributed by atoms with Crippen molar-refractivity contribution in [2.45, 2.75) is 12.8 Å². The summed E-state index contributed by atoms with van der Waals surface area (Å²) in [5.41, 5.74) is 1.09. The number of hydrogen-bond donors (Lipinski definition) is 2. The van der Waals surface area contributed by atoms with Crippen molar-refractivity contribution in [2.75, 3.05) is 6.61 Å². The van der Waals surface area contributed by atoms with Crippen LogP contribution in [0.5, 0.6) is 5.75 Å². The van der Waals surface area contributed by atoms with Crippen LogP contribution in [0.3, 0.4) is 0 Å². The highest BCUT2D eigenvalue weighted by Gasteiger charge is 2.16. The van der Waals surface area contributed by atoms with Gasteiger partial charge in [-0.05, 0) is 24.5 Å². The maximum atomic E-state index is 13.5. The second kappa shape index (κ2) is 7.08. The molecule has 0 unspecified atom stereocenters. The Morgan fingerprint density at radius 1 is 1.05 bits per heavy atom. The first-order valence-electron chi connectivity index (χ1n) is 6.49. The van der Waals surface area contributed by atoms with Crippen LogP contribution in [0, 0.1) is 5.82 Å². The Balaban J connectivity index is 1.81. The quantitative estimate of drug-likeness (QED) is 0.620. The van der Waals surface area contributed by atoms with Crippen LogP contribution in [0.25, 0.3) is 0 Å². The van der Waals surface area contributed by atoms with E-state index in [9.17, 15) is 4.39 Å². The molecule has 104 valence electrons. The zero-order valence-electron chi connectivity index (χ0n) is 11.0. The average molecular weight is 274 g/mol. The number of rotatable bonds is 6. The molecule has 2 N–H and O–H groups in total. The summed E-state index contributed by atoms with van der Waals surface area (Å²) in [6.45, 7) is 0.482. The lowest BCUT2D eigenvalue weighted by atomic mass is 9.80. The molecule has 0 saturated heterocycles. The second-order valence-electron chi connectivity index (χ2n) is 4.49. The Kier molecular flexibility index (Phi) is 5.15. The van der Waals surface area contributed by atoms with Crippen LogP contribution in [0.4, 0.5) is 4.39 Å². The predicted molar refractivity (Wildman–Crippen MR) is 76.5 cm³/mol. The van der Waals surface area contributed by atoms with Gasteiger partial charge in [-0.3, -0.25) is 0 Å². The average Bonchev–Trinajstić information content (AvgIpc) is 2.44. The third-order valence-electron chi connectivity index (χ3n) is 2.97. The second-order valence-corrected chi connectivity index (χ2v) is 4.49. The van der Waals surface area contributed by atoms with Gasteiger partial charge in [0.1, 0.15) is 11.6 Å². The number of hydrogen-bond acceptors (Lipinski definition) is 3. The summed E-state index contributed by atoms with van der Waals surface area (Å²) in [4.78, 5) is 0. The van der Waals surface area contributed by atoms with Gasteiger partial charge in [-0.1, -0.05) is 36.4 Å². The zero-order chi connectivity index (χ0) is 14.4. The summed E-state index contributed by atoms with van der Waals surface area (Å²) in [5, 5.41) is 17.8. The van der Waals surface area contributed by atoms with E-state index >= 15 is 0 Å². The molecule has 0 heterocycles. The maximum absolute atomic E-state index is 13.5. The topological polar surface area (TPSA) is 49.7 Å². The van der Waals surface area contributed by atoms with E-state index in [4.69, 9.17) is 14.8 Å². The van der Waals surface area contributed by atoms with E-state index in [1.807, 2.05) is 18.2 Å². The minimum atomic E-state index is -1.80. The van der Waals surface area contributed by atoms with Crippen LogP contribution in [-0.2, 0) is 6.42 Å². The van der Waals surface area contributed by atoms with E-state index in [1.54, 1.807) is 0 Å². The fourth-order valence-electron chi connectivity index (χ4n) is 1.92. The molecular formula is C15H16BFO3. The van der Waals surface area contributed by atoms with Gasteiger partial charge in [-0.2, -0.15) is 0 Å². The molecule has 0 amide bonds. The van der Waals surface area contributed by atoms with Crippen molar-refractivity contribution in [3.05, 3.63) is 59.9 Å². The zero-order valence-corrected chi connectivity index (χ0v) is 11.0. The van der Waals surface area contributed by atoms with Gasteiger partial charge >= 0.3 is 7.12 Å². The molecule has 5 heteroatoms. The Morgan fingerprint density at radius 3 is 2.45 bits per heavy atom. The van der Waals surface area contributed by atoms with Crippen LogP contribution >= 0.6 is 0 Å². The minimum Gasteiger partial charge on any atom is -0.493 e. The van der Waals surface area contributed by atoms with Gasteiger partial charge in [0.25, 0.3) is 0 Å². The van der Waals surface area contributed by atoms with E-state index in [0.29, 0.717) is 12.4 Å². The molecule has 0 aliphatic heterocycles. The van der Waals surface area contributed by atoms with Crippen LogP contribution in [0.1, 0.15) is 12.0 Å². The summed E-state index contributed by atoms with van der Waals surface area (Å²) in [6, 6.07) is 14.1. The molecule has 0 fully saturated rings. The van der Waals surface area contributed by atoms with Crippen LogP contribution in [0.2, 0.25) is 0 Å². The first-order valence-corrected chi connectivity index (χ1v) is 6.49. The van der Waals surface area contributed by atoms with Gasteiger partial charge in [0.2, 0.25) is 0 Å². The number of benzene rings is 2. The lowest BCUT2D eigenvalue weighted by Gasteiger charge is -2.08. The molecule has 2 aromatic carbocycles. The summed E-state index contributed by atoms with van der Waals surface area (Å²) in [6.07, 6.45) is 1.73. The van der Waals surface area contributed by atoms with Crippen molar-refractivity contribution < 1.29 is 19.2 Å². The Morgan fingerprint density at radius 2 is 1.80 bits per heavy atom. The van der Waals surface area contributed by atoms with Crippen molar-refractivity contribution in [3.8, 4) is 5.75 Å².